The van der Waals surface area contributed by atoms with Gasteiger partial charge in [-0.1, -0.05) is 6.92 Å². The Morgan fingerprint density at radius 3 is 3.00 bits per heavy atom. The van der Waals surface area contributed by atoms with Gasteiger partial charge < -0.3 is 10.2 Å². The fraction of sp³-hybridized carbons (Fsp3) is 0.357. The van der Waals surface area contributed by atoms with Crippen molar-refractivity contribution in [2.24, 2.45) is 0 Å². The Morgan fingerprint density at radius 2 is 2.30 bits per heavy atom. The second-order valence-corrected chi connectivity index (χ2v) is 5.22. The third-order valence-electron chi connectivity index (χ3n) is 2.79. The van der Waals surface area contributed by atoms with Gasteiger partial charge in [-0.3, -0.25) is 9.78 Å². The van der Waals surface area contributed by atoms with Gasteiger partial charge in [-0.15, -0.1) is 11.3 Å². The molecule has 0 aliphatic carbocycles. The first kappa shape index (κ1) is 14.5. The molecule has 0 atom stereocenters. The molecular weight excluding hydrogens is 272 g/mol. The Labute approximate surface area is 122 Å². The highest BCUT2D eigenvalue weighted by atomic mass is 32.1. The van der Waals surface area contributed by atoms with Crippen LogP contribution in [0.5, 0.6) is 0 Å². The lowest BCUT2D eigenvalue weighted by atomic mass is 10.2. The van der Waals surface area contributed by atoms with Gasteiger partial charge in [0.15, 0.2) is 0 Å². The molecule has 0 fully saturated rings. The summed E-state index contributed by atoms with van der Waals surface area (Å²) in [6, 6.07) is 3.66. The van der Waals surface area contributed by atoms with Crippen LogP contribution < -0.4 is 5.32 Å². The van der Waals surface area contributed by atoms with E-state index >= 15 is 0 Å². The zero-order chi connectivity index (χ0) is 14.4. The number of pyridine rings is 1. The Hall–Kier alpha value is -1.95. The maximum Gasteiger partial charge on any atom is 0.272 e. The molecule has 20 heavy (non-hydrogen) atoms. The summed E-state index contributed by atoms with van der Waals surface area (Å²) in [5.41, 5.74) is 4.03. The molecule has 5 nitrogen and oxygen atoms in total. The summed E-state index contributed by atoms with van der Waals surface area (Å²) in [5, 5.41) is 5.19. The molecule has 0 bridgehead atoms. The number of amides is 1. The van der Waals surface area contributed by atoms with Crippen LogP contribution in [-0.2, 0) is 6.54 Å². The molecule has 0 aliphatic rings. The molecule has 2 aromatic rings. The topological polar surface area (TPSA) is 58.1 Å². The number of hydrogen-bond donors (Lipinski definition) is 1. The second kappa shape index (κ2) is 7.00. The highest BCUT2D eigenvalue weighted by Gasteiger charge is 2.14. The minimum Gasteiger partial charge on any atom is -0.385 e. The Balaban J connectivity index is 2.04. The number of carbonyl (C=O) groups excluding carboxylic acids is 1. The fourth-order valence-corrected chi connectivity index (χ4v) is 2.30. The van der Waals surface area contributed by atoms with Gasteiger partial charge in [0.1, 0.15) is 5.69 Å². The van der Waals surface area contributed by atoms with Gasteiger partial charge in [-0.05, 0) is 18.6 Å². The average Bonchev–Trinajstić information content (AvgIpc) is 2.97. The van der Waals surface area contributed by atoms with Crippen molar-refractivity contribution in [1.29, 1.82) is 0 Å². The highest BCUT2D eigenvalue weighted by molar-refractivity contribution is 7.07. The van der Waals surface area contributed by atoms with E-state index in [1.165, 1.54) is 11.3 Å². The van der Waals surface area contributed by atoms with Crippen LogP contribution in [0.4, 0.5) is 5.69 Å². The molecule has 0 spiro atoms. The number of thiazole rings is 1. The predicted octanol–water partition coefficient (Wildman–Crippen LogP) is 2.63. The molecule has 0 radical (unpaired) electrons. The molecular formula is C14H18N4OS. The zero-order valence-corrected chi connectivity index (χ0v) is 12.5. The average molecular weight is 290 g/mol. The number of anilines is 1. The third-order valence-corrected chi connectivity index (χ3v) is 3.42. The lowest BCUT2D eigenvalue weighted by Gasteiger charge is -2.15. The summed E-state index contributed by atoms with van der Waals surface area (Å²) in [7, 11) is 1.76. The van der Waals surface area contributed by atoms with Crippen LogP contribution in [-0.4, -0.2) is 34.4 Å². The van der Waals surface area contributed by atoms with Crippen molar-refractivity contribution in [1.82, 2.24) is 14.9 Å². The van der Waals surface area contributed by atoms with E-state index < -0.39 is 0 Å². The molecule has 0 saturated carbocycles. The van der Waals surface area contributed by atoms with E-state index in [4.69, 9.17) is 0 Å². The molecule has 0 aliphatic heterocycles. The van der Waals surface area contributed by atoms with Gasteiger partial charge in [0.25, 0.3) is 5.91 Å². The second-order valence-electron chi connectivity index (χ2n) is 4.50. The normalized spacial score (nSPS) is 10.3. The molecule has 106 valence electrons. The van der Waals surface area contributed by atoms with Crippen LogP contribution in [0.2, 0.25) is 0 Å². The van der Waals surface area contributed by atoms with Crippen LogP contribution in [0.3, 0.4) is 0 Å². The summed E-state index contributed by atoms with van der Waals surface area (Å²) in [6.07, 6.45) is 2.69. The predicted molar refractivity (Wildman–Crippen MR) is 80.9 cm³/mol. The summed E-state index contributed by atoms with van der Waals surface area (Å²) in [4.78, 5) is 22.3. The van der Waals surface area contributed by atoms with Gasteiger partial charge in [-0.25, -0.2) is 4.98 Å². The van der Waals surface area contributed by atoms with E-state index in [0.29, 0.717) is 12.2 Å². The molecule has 2 aromatic heterocycles. The summed E-state index contributed by atoms with van der Waals surface area (Å²) in [6.45, 7) is 3.48. The Morgan fingerprint density at radius 1 is 1.45 bits per heavy atom. The molecule has 1 N–H and O–H groups in total. The molecule has 1 amide bonds. The quantitative estimate of drug-likeness (QED) is 0.888. The van der Waals surface area contributed by atoms with Crippen LogP contribution in [0, 0.1) is 0 Å². The first-order chi connectivity index (χ1) is 9.70. The number of rotatable bonds is 6. The monoisotopic (exact) mass is 290 g/mol. The van der Waals surface area contributed by atoms with Crippen molar-refractivity contribution >= 4 is 22.9 Å². The van der Waals surface area contributed by atoms with Crippen molar-refractivity contribution in [3.05, 3.63) is 40.6 Å². The number of nitrogens with zero attached hydrogens (tertiary/aromatic N) is 3. The van der Waals surface area contributed by atoms with Gasteiger partial charge in [-0.2, -0.15) is 0 Å². The standard InChI is InChI=1S/C14H18N4OS/c1-3-5-15-11-4-6-16-13(7-11)14(19)18(2)8-12-9-20-10-17-12/h4,6-7,9-10H,3,5,8H2,1-2H3,(H,15,16). The molecule has 0 saturated heterocycles. The van der Waals surface area contributed by atoms with Crippen LogP contribution in [0.25, 0.3) is 0 Å². The van der Waals surface area contributed by atoms with Crippen molar-refractivity contribution in [2.45, 2.75) is 19.9 Å². The van der Waals surface area contributed by atoms with E-state index in [9.17, 15) is 4.79 Å². The third kappa shape index (κ3) is 3.77. The minimum absolute atomic E-state index is 0.0989. The van der Waals surface area contributed by atoms with Crippen LogP contribution in [0.15, 0.2) is 29.2 Å². The van der Waals surface area contributed by atoms with Gasteiger partial charge >= 0.3 is 0 Å². The van der Waals surface area contributed by atoms with E-state index in [1.807, 2.05) is 11.4 Å². The zero-order valence-electron chi connectivity index (χ0n) is 11.7. The number of carbonyl (C=O) groups is 1. The first-order valence-corrected chi connectivity index (χ1v) is 7.47. The lowest BCUT2D eigenvalue weighted by Crippen LogP contribution is -2.27. The van der Waals surface area contributed by atoms with Crippen molar-refractivity contribution < 1.29 is 4.79 Å². The smallest absolute Gasteiger partial charge is 0.272 e. The Kier molecular flexibility index (Phi) is 5.06. The van der Waals surface area contributed by atoms with Gasteiger partial charge in [0.05, 0.1) is 17.7 Å². The number of aromatic nitrogens is 2. The van der Waals surface area contributed by atoms with E-state index in [1.54, 1.807) is 29.7 Å². The van der Waals surface area contributed by atoms with Crippen LogP contribution in [0.1, 0.15) is 29.5 Å². The van der Waals surface area contributed by atoms with Gasteiger partial charge in [0.2, 0.25) is 0 Å². The van der Waals surface area contributed by atoms with Crippen LogP contribution >= 0.6 is 11.3 Å². The van der Waals surface area contributed by atoms with E-state index in [2.05, 4.69) is 22.2 Å². The Bertz CT molecular complexity index is 556. The fourth-order valence-electron chi connectivity index (χ4n) is 1.75. The minimum atomic E-state index is -0.0989. The lowest BCUT2D eigenvalue weighted by molar-refractivity contribution is 0.0778. The molecule has 0 aromatic carbocycles. The number of nitrogens with one attached hydrogen (secondary N) is 1. The van der Waals surface area contributed by atoms with E-state index in [0.717, 1.165) is 24.3 Å². The maximum atomic E-state index is 12.3. The largest absolute Gasteiger partial charge is 0.385 e. The van der Waals surface area contributed by atoms with Crippen molar-refractivity contribution in [3.63, 3.8) is 0 Å². The molecule has 2 rings (SSSR count). The summed E-state index contributed by atoms with van der Waals surface area (Å²) < 4.78 is 0. The highest BCUT2D eigenvalue weighted by Crippen LogP contribution is 2.11. The summed E-state index contributed by atoms with van der Waals surface area (Å²) in [5.74, 6) is -0.0989. The SMILES string of the molecule is CCCNc1ccnc(C(=O)N(C)Cc2cscn2)c1. The molecule has 6 heteroatoms. The molecule has 0 unspecified atom stereocenters. The molecule has 2 heterocycles. The first-order valence-electron chi connectivity index (χ1n) is 6.53. The van der Waals surface area contributed by atoms with E-state index in [-0.39, 0.29) is 5.91 Å². The summed E-state index contributed by atoms with van der Waals surface area (Å²) >= 11 is 1.53. The van der Waals surface area contributed by atoms with Gasteiger partial charge in [0, 0.05) is 30.9 Å². The van der Waals surface area contributed by atoms with Crippen molar-refractivity contribution in [2.75, 3.05) is 18.9 Å². The number of hydrogen-bond acceptors (Lipinski definition) is 5. The van der Waals surface area contributed by atoms with Crippen molar-refractivity contribution in [3.8, 4) is 0 Å². The maximum absolute atomic E-state index is 12.3.